The summed E-state index contributed by atoms with van der Waals surface area (Å²) >= 11 is 1.63. The fraction of sp³-hybridized carbons (Fsp3) is 0.125. The van der Waals surface area contributed by atoms with Gasteiger partial charge in [0.25, 0.3) is 5.91 Å². The SMILES string of the molecule is Cc1ccc2nc(-c3ccc(NC(=O)COC(=O)c4ccc5nnc(C)n5c4)cc3)sc2c1. The van der Waals surface area contributed by atoms with Gasteiger partial charge in [-0.15, -0.1) is 21.5 Å². The summed E-state index contributed by atoms with van der Waals surface area (Å²) in [6, 6.07) is 16.9. The number of hydrogen-bond donors (Lipinski definition) is 1. The Morgan fingerprint density at radius 3 is 2.67 bits per heavy atom. The highest BCUT2D eigenvalue weighted by Gasteiger charge is 2.13. The normalized spacial score (nSPS) is 11.1. The second kappa shape index (κ2) is 8.44. The first-order valence-electron chi connectivity index (χ1n) is 10.2. The lowest BCUT2D eigenvalue weighted by Gasteiger charge is -2.07. The maximum Gasteiger partial charge on any atom is 0.340 e. The number of esters is 1. The lowest BCUT2D eigenvalue weighted by Crippen LogP contribution is -2.21. The summed E-state index contributed by atoms with van der Waals surface area (Å²) in [4.78, 5) is 29.2. The van der Waals surface area contributed by atoms with Crippen molar-refractivity contribution >= 4 is 44.8 Å². The van der Waals surface area contributed by atoms with E-state index >= 15 is 0 Å². The molecule has 0 aliphatic heterocycles. The number of aromatic nitrogens is 4. The molecule has 164 valence electrons. The number of amides is 1. The minimum Gasteiger partial charge on any atom is -0.452 e. The highest BCUT2D eigenvalue weighted by atomic mass is 32.1. The Balaban J connectivity index is 1.20. The molecule has 0 saturated carbocycles. The van der Waals surface area contributed by atoms with Crippen LogP contribution in [-0.4, -0.2) is 38.1 Å². The van der Waals surface area contributed by atoms with E-state index in [2.05, 4.69) is 33.5 Å². The number of carbonyl (C=O) groups excluding carboxylic acids is 2. The summed E-state index contributed by atoms with van der Waals surface area (Å²) in [6.45, 7) is 3.45. The van der Waals surface area contributed by atoms with Crippen molar-refractivity contribution in [1.82, 2.24) is 19.6 Å². The molecule has 0 radical (unpaired) electrons. The zero-order valence-corrected chi connectivity index (χ0v) is 18.7. The van der Waals surface area contributed by atoms with Crippen LogP contribution in [-0.2, 0) is 9.53 Å². The molecule has 2 aromatic carbocycles. The zero-order valence-electron chi connectivity index (χ0n) is 17.9. The molecule has 0 bridgehead atoms. The lowest BCUT2D eigenvalue weighted by molar-refractivity contribution is -0.119. The van der Waals surface area contributed by atoms with Gasteiger partial charge in [-0.25, -0.2) is 9.78 Å². The Morgan fingerprint density at radius 2 is 1.85 bits per heavy atom. The minimum atomic E-state index is -0.596. The molecule has 8 nitrogen and oxygen atoms in total. The van der Waals surface area contributed by atoms with Crippen molar-refractivity contribution < 1.29 is 14.3 Å². The molecule has 0 aliphatic carbocycles. The molecular formula is C24H19N5O3S. The van der Waals surface area contributed by atoms with E-state index in [1.54, 1.807) is 53.1 Å². The van der Waals surface area contributed by atoms with E-state index in [0.29, 0.717) is 22.7 Å². The summed E-state index contributed by atoms with van der Waals surface area (Å²) in [7, 11) is 0. The first-order valence-corrected chi connectivity index (χ1v) is 11.0. The average Bonchev–Trinajstić information content (AvgIpc) is 3.41. The third-order valence-electron chi connectivity index (χ3n) is 5.10. The van der Waals surface area contributed by atoms with Crippen molar-refractivity contribution in [1.29, 1.82) is 0 Å². The van der Waals surface area contributed by atoms with Crippen molar-refractivity contribution in [3.8, 4) is 10.6 Å². The maximum atomic E-state index is 12.3. The number of ether oxygens (including phenoxy) is 1. The molecular weight excluding hydrogens is 438 g/mol. The van der Waals surface area contributed by atoms with Crippen LogP contribution in [0.4, 0.5) is 5.69 Å². The van der Waals surface area contributed by atoms with Crippen LogP contribution in [0, 0.1) is 13.8 Å². The number of thiazole rings is 1. The van der Waals surface area contributed by atoms with Gasteiger partial charge in [-0.1, -0.05) is 6.07 Å². The Bertz CT molecular complexity index is 1500. The van der Waals surface area contributed by atoms with Gasteiger partial charge >= 0.3 is 5.97 Å². The third kappa shape index (κ3) is 4.31. The van der Waals surface area contributed by atoms with Gasteiger partial charge in [0.1, 0.15) is 10.8 Å². The maximum absolute atomic E-state index is 12.3. The molecule has 0 aliphatic rings. The second-order valence-corrected chi connectivity index (χ2v) is 8.62. The van der Waals surface area contributed by atoms with Crippen molar-refractivity contribution in [2.75, 3.05) is 11.9 Å². The lowest BCUT2D eigenvalue weighted by atomic mass is 10.2. The molecule has 3 heterocycles. The summed E-state index contributed by atoms with van der Waals surface area (Å²) in [5.74, 6) is -0.364. The Hall–Kier alpha value is -4.11. The molecule has 33 heavy (non-hydrogen) atoms. The largest absolute Gasteiger partial charge is 0.452 e. The van der Waals surface area contributed by atoms with Crippen LogP contribution < -0.4 is 5.32 Å². The number of nitrogens with zero attached hydrogens (tertiary/aromatic N) is 4. The van der Waals surface area contributed by atoms with E-state index in [4.69, 9.17) is 4.74 Å². The molecule has 3 aromatic heterocycles. The minimum absolute atomic E-state index is 0.314. The van der Waals surface area contributed by atoms with Crippen molar-refractivity contribution in [3.05, 3.63) is 77.7 Å². The van der Waals surface area contributed by atoms with E-state index in [1.165, 1.54) is 5.56 Å². The molecule has 1 N–H and O–H groups in total. The van der Waals surface area contributed by atoms with Crippen LogP contribution in [0.25, 0.3) is 26.4 Å². The molecule has 5 rings (SSSR count). The van der Waals surface area contributed by atoms with Crippen LogP contribution in [0.1, 0.15) is 21.7 Å². The van der Waals surface area contributed by atoms with Crippen molar-refractivity contribution in [2.45, 2.75) is 13.8 Å². The monoisotopic (exact) mass is 457 g/mol. The Morgan fingerprint density at radius 1 is 1.03 bits per heavy atom. The topological polar surface area (TPSA) is 98.5 Å². The Labute approximate surface area is 192 Å². The molecule has 0 atom stereocenters. The Kier molecular flexibility index (Phi) is 5.31. The first-order chi connectivity index (χ1) is 16.0. The smallest absolute Gasteiger partial charge is 0.340 e. The predicted molar refractivity (Wildman–Crippen MR) is 126 cm³/mol. The van der Waals surface area contributed by atoms with Gasteiger partial charge in [0.2, 0.25) is 0 Å². The van der Waals surface area contributed by atoms with E-state index in [1.807, 2.05) is 24.3 Å². The van der Waals surface area contributed by atoms with Crippen molar-refractivity contribution in [3.63, 3.8) is 0 Å². The second-order valence-electron chi connectivity index (χ2n) is 7.59. The first kappa shape index (κ1) is 20.8. The molecule has 1 amide bonds. The number of hydrogen-bond acceptors (Lipinski definition) is 7. The van der Waals surface area contributed by atoms with E-state index in [-0.39, 0.29) is 0 Å². The van der Waals surface area contributed by atoms with Gasteiger partial charge in [-0.05, 0) is 67.9 Å². The molecule has 0 saturated heterocycles. The van der Waals surface area contributed by atoms with Crippen LogP contribution in [0.2, 0.25) is 0 Å². The third-order valence-corrected chi connectivity index (χ3v) is 6.17. The van der Waals surface area contributed by atoms with E-state index < -0.39 is 18.5 Å². The summed E-state index contributed by atoms with van der Waals surface area (Å²) < 4.78 is 7.98. The van der Waals surface area contributed by atoms with Gasteiger partial charge in [-0.3, -0.25) is 9.20 Å². The van der Waals surface area contributed by atoms with Crippen molar-refractivity contribution in [2.24, 2.45) is 0 Å². The predicted octanol–water partition coefficient (Wildman–Crippen LogP) is 4.42. The van der Waals surface area contributed by atoms with Crippen LogP contribution in [0.5, 0.6) is 0 Å². The highest BCUT2D eigenvalue weighted by molar-refractivity contribution is 7.21. The molecule has 9 heteroatoms. The van der Waals surface area contributed by atoms with Crippen LogP contribution >= 0.6 is 11.3 Å². The van der Waals surface area contributed by atoms with Gasteiger partial charge in [0.05, 0.1) is 15.8 Å². The van der Waals surface area contributed by atoms with Gasteiger partial charge < -0.3 is 10.1 Å². The van der Waals surface area contributed by atoms with Crippen LogP contribution in [0.15, 0.2) is 60.8 Å². The fourth-order valence-corrected chi connectivity index (χ4v) is 4.46. The quantitative estimate of drug-likeness (QED) is 0.392. The highest BCUT2D eigenvalue weighted by Crippen LogP contribution is 2.31. The zero-order chi connectivity index (χ0) is 22.9. The summed E-state index contributed by atoms with van der Waals surface area (Å²) in [5, 5.41) is 11.6. The number of rotatable bonds is 5. The van der Waals surface area contributed by atoms with Gasteiger partial charge in [0.15, 0.2) is 12.3 Å². The number of fused-ring (bicyclic) bond motifs is 2. The number of carbonyl (C=O) groups is 2. The molecule has 0 fully saturated rings. The number of aryl methyl sites for hydroxylation is 2. The average molecular weight is 458 g/mol. The standard InChI is InChI=1S/C24H19N5O3S/c1-14-3-9-19-20(11-14)33-23(26-19)16-4-7-18(8-5-16)25-22(30)13-32-24(31)17-6-10-21-28-27-15(2)29(21)12-17/h3-12H,13H2,1-2H3,(H,25,30). The molecule has 5 aromatic rings. The molecule has 0 spiro atoms. The van der Waals surface area contributed by atoms with E-state index in [9.17, 15) is 9.59 Å². The number of pyridine rings is 1. The summed E-state index contributed by atoms with van der Waals surface area (Å²) in [5.41, 5.74) is 4.69. The van der Waals surface area contributed by atoms with Gasteiger partial charge in [0, 0.05) is 17.4 Å². The molecule has 0 unspecified atom stereocenters. The van der Waals surface area contributed by atoms with Crippen LogP contribution in [0.3, 0.4) is 0 Å². The summed E-state index contributed by atoms with van der Waals surface area (Å²) in [6.07, 6.45) is 1.59. The number of anilines is 1. The van der Waals surface area contributed by atoms with E-state index in [0.717, 1.165) is 20.8 Å². The number of benzene rings is 2. The fourth-order valence-electron chi connectivity index (χ4n) is 3.39. The number of nitrogens with one attached hydrogen (secondary N) is 1. The van der Waals surface area contributed by atoms with Gasteiger partial charge in [-0.2, -0.15) is 0 Å².